The molecule has 0 aliphatic rings. The summed E-state index contributed by atoms with van der Waals surface area (Å²) in [5, 5.41) is 11.2. The highest BCUT2D eigenvalue weighted by molar-refractivity contribution is 5.93. The molecule has 2 N–H and O–H groups in total. The van der Waals surface area contributed by atoms with E-state index in [9.17, 15) is 14.4 Å². The Bertz CT molecular complexity index is 388. The molecule has 0 bridgehead atoms. The third kappa shape index (κ3) is 8.82. The largest absolute Gasteiger partial charge is 0.480 e. The van der Waals surface area contributed by atoms with Gasteiger partial charge < -0.3 is 15.2 Å². The first-order valence-corrected chi connectivity index (χ1v) is 5.91. The number of carbonyl (C=O) groups excluding carboxylic acids is 2. The molecule has 0 aromatic heterocycles. The van der Waals surface area contributed by atoms with E-state index in [1.54, 1.807) is 34.6 Å². The van der Waals surface area contributed by atoms with Crippen LogP contribution in [0.25, 0.3) is 0 Å². The molecule has 0 spiro atoms. The van der Waals surface area contributed by atoms with Crippen LogP contribution in [0.1, 0.15) is 41.0 Å². The van der Waals surface area contributed by atoms with Gasteiger partial charge in [0.15, 0.2) is 0 Å². The van der Waals surface area contributed by atoms with E-state index in [0.29, 0.717) is 0 Å². The summed E-state index contributed by atoms with van der Waals surface area (Å²) in [6, 6.07) is -1.29. The molecule has 19 heavy (non-hydrogen) atoms. The van der Waals surface area contributed by atoms with Crippen LogP contribution in [0.2, 0.25) is 0 Å². The molecule has 108 valence electrons. The third-order valence-corrected chi connectivity index (χ3v) is 1.83. The number of esters is 1. The average molecular weight is 271 g/mol. The maximum Gasteiger partial charge on any atom is 0.326 e. The Balaban J connectivity index is 4.60. The van der Waals surface area contributed by atoms with Crippen LogP contribution < -0.4 is 5.32 Å². The molecule has 1 atom stereocenters. The fourth-order valence-electron chi connectivity index (χ4n) is 1.23. The van der Waals surface area contributed by atoms with Crippen LogP contribution in [0.3, 0.4) is 0 Å². The summed E-state index contributed by atoms with van der Waals surface area (Å²) in [5.74, 6) is -2.49. The van der Waals surface area contributed by atoms with Crippen molar-refractivity contribution in [2.24, 2.45) is 0 Å². The van der Waals surface area contributed by atoms with Crippen molar-refractivity contribution >= 4 is 17.8 Å². The molecule has 0 radical (unpaired) electrons. The normalized spacial score (nSPS) is 12.3. The molecule has 0 saturated carbocycles. The number of hydrogen-bond acceptors (Lipinski definition) is 4. The van der Waals surface area contributed by atoms with Gasteiger partial charge in [-0.05, 0) is 34.6 Å². The van der Waals surface area contributed by atoms with Gasteiger partial charge in [-0.15, -0.1) is 0 Å². The van der Waals surface area contributed by atoms with Crippen LogP contribution in [0, 0.1) is 0 Å². The second-order valence-corrected chi connectivity index (χ2v) is 5.41. The highest BCUT2D eigenvalue weighted by Crippen LogP contribution is 2.09. The van der Waals surface area contributed by atoms with E-state index in [2.05, 4.69) is 5.32 Å². The summed E-state index contributed by atoms with van der Waals surface area (Å²) >= 11 is 0. The van der Waals surface area contributed by atoms with Crippen LogP contribution in [0.5, 0.6) is 0 Å². The maximum atomic E-state index is 11.5. The Labute approximate surface area is 112 Å². The number of carbonyl (C=O) groups is 3. The van der Waals surface area contributed by atoms with Crippen LogP contribution in [0.4, 0.5) is 0 Å². The quantitative estimate of drug-likeness (QED) is 0.580. The molecule has 6 heteroatoms. The maximum absolute atomic E-state index is 11.5. The lowest BCUT2D eigenvalue weighted by Crippen LogP contribution is -2.42. The summed E-state index contributed by atoms with van der Waals surface area (Å²) in [6.45, 7) is 8.47. The first-order chi connectivity index (χ1) is 8.51. The molecule has 0 saturated heterocycles. The van der Waals surface area contributed by atoms with Gasteiger partial charge in [0, 0.05) is 6.08 Å². The standard InChI is InChI=1S/C13H21NO5/c1-8(2)6-10(15)14-9(12(17)18)7-11(16)19-13(3,4)5/h6,9H,7H2,1-5H3,(H,14,15)(H,17,18)/t9-/m0/s1. The molecule has 1 amide bonds. The molecule has 0 aliphatic heterocycles. The number of ether oxygens (including phenoxy) is 1. The monoisotopic (exact) mass is 271 g/mol. The van der Waals surface area contributed by atoms with E-state index in [1.165, 1.54) is 6.08 Å². The molecule has 0 aliphatic carbocycles. The Kier molecular flexibility index (Phi) is 6.24. The zero-order valence-corrected chi connectivity index (χ0v) is 11.9. The van der Waals surface area contributed by atoms with Gasteiger partial charge in [-0.2, -0.15) is 0 Å². The average Bonchev–Trinajstić information content (AvgIpc) is 2.11. The molecule has 0 unspecified atom stereocenters. The summed E-state index contributed by atoms with van der Waals surface area (Å²) in [7, 11) is 0. The summed E-state index contributed by atoms with van der Waals surface area (Å²) in [6.07, 6.45) is 0.861. The number of carboxylic acid groups (broad SMARTS) is 1. The molecule has 0 rings (SSSR count). The number of carboxylic acids is 1. The lowest BCUT2D eigenvalue weighted by molar-refractivity contribution is -0.158. The summed E-state index contributed by atoms with van der Waals surface area (Å²) in [4.78, 5) is 33.9. The van der Waals surface area contributed by atoms with E-state index in [1.807, 2.05) is 0 Å². The van der Waals surface area contributed by atoms with Crippen molar-refractivity contribution < 1.29 is 24.2 Å². The van der Waals surface area contributed by atoms with Crippen LogP contribution >= 0.6 is 0 Å². The predicted octanol–water partition coefficient (Wildman–Crippen LogP) is 1.25. The van der Waals surface area contributed by atoms with Gasteiger partial charge in [-0.3, -0.25) is 9.59 Å². The van der Waals surface area contributed by atoms with Crippen LogP contribution in [0.15, 0.2) is 11.6 Å². The smallest absolute Gasteiger partial charge is 0.326 e. The lowest BCUT2D eigenvalue weighted by Gasteiger charge is -2.21. The van der Waals surface area contributed by atoms with Gasteiger partial charge in [-0.1, -0.05) is 5.57 Å². The highest BCUT2D eigenvalue weighted by Gasteiger charge is 2.26. The van der Waals surface area contributed by atoms with E-state index in [0.717, 1.165) is 5.57 Å². The SMILES string of the molecule is CC(C)=CC(=O)N[C@@H](CC(=O)OC(C)(C)C)C(=O)O. The van der Waals surface area contributed by atoms with Gasteiger partial charge in [0.25, 0.3) is 0 Å². The summed E-state index contributed by atoms with van der Waals surface area (Å²) in [5.41, 5.74) is 0.0447. The van der Waals surface area contributed by atoms with Crippen molar-refractivity contribution in [3.8, 4) is 0 Å². The van der Waals surface area contributed by atoms with Crippen LogP contribution in [-0.4, -0.2) is 34.6 Å². The minimum Gasteiger partial charge on any atom is -0.480 e. The van der Waals surface area contributed by atoms with Crippen molar-refractivity contribution in [1.82, 2.24) is 5.32 Å². The Morgan fingerprint density at radius 2 is 1.79 bits per heavy atom. The van der Waals surface area contributed by atoms with E-state index in [-0.39, 0.29) is 0 Å². The zero-order valence-electron chi connectivity index (χ0n) is 11.9. The first-order valence-electron chi connectivity index (χ1n) is 5.91. The first kappa shape index (κ1) is 17.2. The van der Waals surface area contributed by atoms with Gasteiger partial charge >= 0.3 is 11.9 Å². The van der Waals surface area contributed by atoms with Crippen molar-refractivity contribution in [1.29, 1.82) is 0 Å². The lowest BCUT2D eigenvalue weighted by atomic mass is 10.1. The molecular formula is C13H21NO5. The van der Waals surface area contributed by atoms with Crippen molar-refractivity contribution in [3.05, 3.63) is 11.6 Å². The number of rotatable bonds is 5. The number of nitrogens with one attached hydrogen (secondary N) is 1. The topological polar surface area (TPSA) is 92.7 Å². The second kappa shape index (κ2) is 6.92. The van der Waals surface area contributed by atoms with Crippen LogP contribution in [-0.2, 0) is 19.1 Å². The van der Waals surface area contributed by atoms with Gasteiger partial charge in [0.1, 0.15) is 11.6 Å². The minimum atomic E-state index is -1.29. The predicted molar refractivity (Wildman–Crippen MR) is 69.5 cm³/mol. The Hall–Kier alpha value is -1.85. The Morgan fingerprint density at radius 3 is 2.16 bits per heavy atom. The number of hydrogen-bond donors (Lipinski definition) is 2. The number of allylic oxidation sites excluding steroid dienone is 1. The molecule has 6 nitrogen and oxygen atoms in total. The van der Waals surface area contributed by atoms with E-state index >= 15 is 0 Å². The van der Waals surface area contributed by atoms with E-state index < -0.39 is 35.9 Å². The zero-order chi connectivity index (χ0) is 15.2. The molecular weight excluding hydrogens is 250 g/mol. The number of amides is 1. The second-order valence-electron chi connectivity index (χ2n) is 5.41. The van der Waals surface area contributed by atoms with Gasteiger partial charge in [-0.25, -0.2) is 4.79 Å². The Morgan fingerprint density at radius 1 is 1.26 bits per heavy atom. The minimum absolute atomic E-state index is 0.408. The fraction of sp³-hybridized carbons (Fsp3) is 0.615. The van der Waals surface area contributed by atoms with Gasteiger partial charge in [0.2, 0.25) is 5.91 Å². The van der Waals surface area contributed by atoms with Gasteiger partial charge in [0.05, 0.1) is 6.42 Å². The molecule has 0 aromatic rings. The molecule has 0 fully saturated rings. The molecule has 0 heterocycles. The summed E-state index contributed by atoms with van der Waals surface area (Å²) < 4.78 is 5.01. The van der Waals surface area contributed by atoms with Crippen molar-refractivity contribution in [3.63, 3.8) is 0 Å². The third-order valence-electron chi connectivity index (χ3n) is 1.83. The van der Waals surface area contributed by atoms with Crippen molar-refractivity contribution in [2.75, 3.05) is 0 Å². The van der Waals surface area contributed by atoms with E-state index in [4.69, 9.17) is 9.84 Å². The fourth-order valence-corrected chi connectivity index (χ4v) is 1.23. The number of aliphatic carboxylic acids is 1. The molecule has 0 aromatic carbocycles. The highest BCUT2D eigenvalue weighted by atomic mass is 16.6. The van der Waals surface area contributed by atoms with Crippen molar-refractivity contribution in [2.45, 2.75) is 52.7 Å².